The van der Waals surface area contributed by atoms with Gasteiger partial charge in [0.2, 0.25) is 0 Å². The lowest BCUT2D eigenvalue weighted by Crippen LogP contribution is -2.18. The molecule has 2 aromatic rings. The Morgan fingerprint density at radius 2 is 1.76 bits per heavy atom. The van der Waals surface area contributed by atoms with Crippen molar-refractivity contribution in [3.63, 3.8) is 0 Å². The van der Waals surface area contributed by atoms with Gasteiger partial charge in [-0.3, -0.25) is 0 Å². The molecular weight excluding hydrogens is 262 g/mol. The fourth-order valence-electron chi connectivity index (χ4n) is 2.22. The number of nitrogens with one attached hydrogen (secondary N) is 1. The van der Waals surface area contributed by atoms with Crippen molar-refractivity contribution in [2.75, 3.05) is 13.7 Å². The first-order chi connectivity index (χ1) is 10.2. The van der Waals surface area contributed by atoms with Crippen LogP contribution in [0.1, 0.15) is 31.0 Å². The lowest BCUT2D eigenvalue weighted by atomic mass is 10.1. The van der Waals surface area contributed by atoms with E-state index in [-0.39, 0.29) is 6.04 Å². The number of rotatable bonds is 7. The van der Waals surface area contributed by atoms with Crippen molar-refractivity contribution in [1.29, 1.82) is 0 Å². The molecule has 0 heterocycles. The highest BCUT2D eigenvalue weighted by atomic mass is 16.5. The normalized spacial score (nSPS) is 12.0. The smallest absolute Gasteiger partial charge is 0.123 e. The van der Waals surface area contributed by atoms with Crippen LogP contribution in [0.4, 0.5) is 0 Å². The van der Waals surface area contributed by atoms with Crippen molar-refractivity contribution in [2.24, 2.45) is 0 Å². The largest absolute Gasteiger partial charge is 0.497 e. The minimum Gasteiger partial charge on any atom is -0.497 e. The summed E-state index contributed by atoms with van der Waals surface area (Å²) in [6.45, 7) is 5.63. The molecule has 2 aromatic carbocycles. The molecule has 0 radical (unpaired) electrons. The van der Waals surface area contributed by atoms with Gasteiger partial charge in [0.05, 0.1) is 13.7 Å². The summed E-state index contributed by atoms with van der Waals surface area (Å²) in [4.78, 5) is 0. The van der Waals surface area contributed by atoms with E-state index >= 15 is 0 Å². The highest BCUT2D eigenvalue weighted by Gasteiger charge is 2.07. The van der Waals surface area contributed by atoms with Crippen molar-refractivity contribution in [1.82, 2.24) is 5.32 Å². The zero-order valence-corrected chi connectivity index (χ0v) is 12.9. The maximum Gasteiger partial charge on any atom is 0.123 e. The zero-order valence-electron chi connectivity index (χ0n) is 12.9. The lowest BCUT2D eigenvalue weighted by Gasteiger charge is -2.16. The average Bonchev–Trinajstić information content (AvgIpc) is 2.54. The zero-order chi connectivity index (χ0) is 15.1. The number of ether oxygens (including phenoxy) is 2. The van der Waals surface area contributed by atoms with Gasteiger partial charge in [-0.15, -0.1) is 0 Å². The van der Waals surface area contributed by atoms with E-state index in [9.17, 15) is 0 Å². The molecule has 0 aliphatic heterocycles. The Morgan fingerprint density at radius 3 is 2.43 bits per heavy atom. The maximum absolute atomic E-state index is 5.65. The van der Waals surface area contributed by atoms with Gasteiger partial charge in [0.15, 0.2) is 0 Å². The third-order valence-corrected chi connectivity index (χ3v) is 3.49. The number of methoxy groups -OCH3 is 1. The number of para-hydroxylation sites is 1. The summed E-state index contributed by atoms with van der Waals surface area (Å²) in [7, 11) is 1.68. The summed E-state index contributed by atoms with van der Waals surface area (Å²) in [6.07, 6.45) is 0. The van der Waals surface area contributed by atoms with E-state index in [0.717, 1.165) is 18.0 Å². The Balaban J connectivity index is 1.98. The van der Waals surface area contributed by atoms with Crippen LogP contribution in [0.3, 0.4) is 0 Å². The Labute approximate surface area is 126 Å². The summed E-state index contributed by atoms with van der Waals surface area (Å²) >= 11 is 0. The predicted octanol–water partition coefficient (Wildman–Crippen LogP) is 3.94. The second kappa shape index (κ2) is 7.70. The third kappa shape index (κ3) is 4.23. The summed E-state index contributed by atoms with van der Waals surface area (Å²) in [5.74, 6) is 1.84. The van der Waals surface area contributed by atoms with Gasteiger partial charge in [-0.25, -0.2) is 0 Å². The second-order valence-corrected chi connectivity index (χ2v) is 4.92. The molecule has 0 unspecified atom stereocenters. The van der Waals surface area contributed by atoms with Crippen LogP contribution in [0.2, 0.25) is 0 Å². The van der Waals surface area contributed by atoms with Gasteiger partial charge in [0, 0.05) is 18.2 Å². The molecule has 0 bridgehead atoms. The molecule has 0 fully saturated rings. The standard InChI is InChI=1S/C18H23NO2/c1-4-21-18-8-6-5-7-16(18)13-19-14(2)15-9-11-17(20-3)12-10-15/h5-12,14,19H,4,13H2,1-3H3/t14-/m1/s1. The highest BCUT2D eigenvalue weighted by Crippen LogP contribution is 2.21. The molecule has 0 aliphatic carbocycles. The van der Waals surface area contributed by atoms with E-state index in [0.29, 0.717) is 6.61 Å². The molecule has 0 saturated heterocycles. The molecule has 0 aliphatic rings. The van der Waals surface area contributed by atoms with E-state index in [1.807, 2.05) is 37.3 Å². The molecule has 0 spiro atoms. The van der Waals surface area contributed by atoms with Gasteiger partial charge in [0.25, 0.3) is 0 Å². The monoisotopic (exact) mass is 285 g/mol. The molecule has 0 amide bonds. The molecular formula is C18H23NO2. The van der Waals surface area contributed by atoms with Crippen LogP contribution in [0.15, 0.2) is 48.5 Å². The summed E-state index contributed by atoms with van der Waals surface area (Å²) in [5, 5.41) is 3.53. The van der Waals surface area contributed by atoms with E-state index in [1.165, 1.54) is 11.1 Å². The minimum absolute atomic E-state index is 0.269. The molecule has 0 aromatic heterocycles. The Bertz CT molecular complexity index is 551. The van der Waals surface area contributed by atoms with Crippen molar-refractivity contribution in [3.8, 4) is 11.5 Å². The van der Waals surface area contributed by atoms with Crippen LogP contribution >= 0.6 is 0 Å². The maximum atomic E-state index is 5.65. The molecule has 0 saturated carbocycles. The lowest BCUT2D eigenvalue weighted by molar-refractivity contribution is 0.335. The van der Waals surface area contributed by atoms with Crippen molar-refractivity contribution < 1.29 is 9.47 Å². The van der Waals surface area contributed by atoms with E-state index in [1.54, 1.807) is 7.11 Å². The van der Waals surface area contributed by atoms with Crippen LogP contribution in [0, 0.1) is 0 Å². The first-order valence-electron chi connectivity index (χ1n) is 7.32. The van der Waals surface area contributed by atoms with Gasteiger partial charge in [-0.1, -0.05) is 30.3 Å². The third-order valence-electron chi connectivity index (χ3n) is 3.49. The van der Waals surface area contributed by atoms with Gasteiger partial charge in [0.1, 0.15) is 11.5 Å². The molecule has 3 heteroatoms. The van der Waals surface area contributed by atoms with Gasteiger partial charge in [-0.2, -0.15) is 0 Å². The first kappa shape index (κ1) is 15.4. The van der Waals surface area contributed by atoms with Crippen LogP contribution in [0.25, 0.3) is 0 Å². The Kier molecular flexibility index (Phi) is 5.64. The summed E-state index contributed by atoms with van der Waals surface area (Å²) in [5.41, 5.74) is 2.42. The minimum atomic E-state index is 0.269. The van der Waals surface area contributed by atoms with E-state index in [4.69, 9.17) is 9.47 Å². The molecule has 1 N–H and O–H groups in total. The fourth-order valence-corrected chi connectivity index (χ4v) is 2.22. The van der Waals surface area contributed by atoms with Crippen LogP contribution in [0.5, 0.6) is 11.5 Å². The first-order valence-corrected chi connectivity index (χ1v) is 7.32. The molecule has 3 nitrogen and oxygen atoms in total. The second-order valence-electron chi connectivity index (χ2n) is 4.92. The van der Waals surface area contributed by atoms with E-state index < -0.39 is 0 Å². The quantitative estimate of drug-likeness (QED) is 0.835. The molecule has 2 rings (SSSR count). The molecule has 21 heavy (non-hydrogen) atoms. The average molecular weight is 285 g/mol. The van der Waals surface area contributed by atoms with Gasteiger partial charge < -0.3 is 14.8 Å². The van der Waals surface area contributed by atoms with E-state index in [2.05, 4.69) is 30.4 Å². The number of hydrogen-bond donors (Lipinski definition) is 1. The van der Waals surface area contributed by atoms with Crippen LogP contribution in [-0.4, -0.2) is 13.7 Å². The van der Waals surface area contributed by atoms with Crippen LogP contribution < -0.4 is 14.8 Å². The predicted molar refractivity (Wildman–Crippen MR) is 85.9 cm³/mol. The summed E-state index contributed by atoms with van der Waals surface area (Å²) < 4.78 is 10.8. The highest BCUT2D eigenvalue weighted by molar-refractivity contribution is 5.33. The topological polar surface area (TPSA) is 30.5 Å². The van der Waals surface area contributed by atoms with Crippen LogP contribution in [-0.2, 0) is 6.54 Å². The molecule has 1 atom stereocenters. The number of benzene rings is 2. The Morgan fingerprint density at radius 1 is 1.05 bits per heavy atom. The van der Waals surface area contributed by atoms with Gasteiger partial charge >= 0.3 is 0 Å². The summed E-state index contributed by atoms with van der Waals surface area (Å²) in [6, 6.07) is 16.6. The number of hydrogen-bond acceptors (Lipinski definition) is 3. The van der Waals surface area contributed by atoms with Gasteiger partial charge in [-0.05, 0) is 37.6 Å². The molecule has 112 valence electrons. The Hall–Kier alpha value is -2.00. The SMILES string of the molecule is CCOc1ccccc1CN[C@H](C)c1ccc(OC)cc1. The van der Waals surface area contributed by atoms with Crippen molar-refractivity contribution in [2.45, 2.75) is 26.4 Å². The fraction of sp³-hybridized carbons (Fsp3) is 0.333. The van der Waals surface area contributed by atoms with Crippen molar-refractivity contribution in [3.05, 3.63) is 59.7 Å². The van der Waals surface area contributed by atoms with Crippen molar-refractivity contribution >= 4 is 0 Å².